The van der Waals surface area contributed by atoms with Crippen LogP contribution in [0, 0.1) is 0 Å². The highest BCUT2D eigenvalue weighted by atomic mass is 16.3. The van der Waals surface area contributed by atoms with Gasteiger partial charge >= 0.3 is 0 Å². The van der Waals surface area contributed by atoms with E-state index in [0.717, 1.165) is 11.1 Å². The molecule has 6 heteroatoms. The highest BCUT2D eigenvalue weighted by Gasteiger charge is 2.13. The average molecular weight is 335 g/mol. The monoisotopic (exact) mass is 335 g/mol. The number of aromatic nitrogens is 1. The quantitative estimate of drug-likeness (QED) is 0.776. The fourth-order valence-electron chi connectivity index (χ4n) is 2.52. The summed E-state index contributed by atoms with van der Waals surface area (Å²) in [5, 5.41) is 0. The molecule has 0 aliphatic heterocycles. The van der Waals surface area contributed by atoms with E-state index in [1.165, 1.54) is 6.39 Å². The zero-order chi connectivity index (χ0) is 17.8. The molecular formula is C19H17N3O3. The summed E-state index contributed by atoms with van der Waals surface area (Å²) in [5.74, 6) is 0.0445. The lowest BCUT2D eigenvalue weighted by molar-refractivity contribution is 0.0785. The first-order chi connectivity index (χ1) is 12.0. The Labute approximate surface area is 144 Å². The fraction of sp³-hybridized carbons (Fsp3) is 0.105. The number of nitrogens with two attached hydrogens (primary N) is 1. The van der Waals surface area contributed by atoms with Crippen LogP contribution < -0.4 is 5.73 Å². The van der Waals surface area contributed by atoms with Crippen molar-refractivity contribution in [2.45, 2.75) is 6.54 Å². The van der Waals surface area contributed by atoms with Crippen LogP contribution in [-0.2, 0) is 6.54 Å². The standard InChI is InChI=1S/C19H17N3O3/c1-22(11-13-3-2-4-16(9-13)18(20)23)19(24)15-7-5-14(6-8-15)17-10-21-12-25-17/h2-10,12H,11H2,1H3,(H2,20,23). The number of carbonyl (C=O) groups is 2. The van der Waals surface area contributed by atoms with Gasteiger partial charge in [0.25, 0.3) is 5.91 Å². The molecule has 0 fully saturated rings. The van der Waals surface area contributed by atoms with Crippen LogP contribution in [0.5, 0.6) is 0 Å². The van der Waals surface area contributed by atoms with Crippen LogP contribution in [0.25, 0.3) is 11.3 Å². The van der Waals surface area contributed by atoms with E-state index in [0.29, 0.717) is 23.4 Å². The second-order valence-corrected chi connectivity index (χ2v) is 5.67. The summed E-state index contributed by atoms with van der Waals surface area (Å²) in [6, 6.07) is 14.1. The number of hydrogen-bond donors (Lipinski definition) is 1. The van der Waals surface area contributed by atoms with Crippen molar-refractivity contribution in [3.05, 3.63) is 77.8 Å². The first-order valence-corrected chi connectivity index (χ1v) is 7.68. The van der Waals surface area contributed by atoms with Crippen molar-refractivity contribution in [2.75, 3.05) is 7.05 Å². The summed E-state index contributed by atoms with van der Waals surface area (Å²) in [5.41, 5.74) is 7.97. The molecule has 6 nitrogen and oxygen atoms in total. The van der Waals surface area contributed by atoms with Gasteiger partial charge in [-0.05, 0) is 29.8 Å². The Hall–Kier alpha value is -3.41. The smallest absolute Gasteiger partial charge is 0.253 e. The Kier molecular flexibility index (Phi) is 4.61. The Morgan fingerprint density at radius 3 is 2.52 bits per heavy atom. The number of oxazole rings is 1. The lowest BCUT2D eigenvalue weighted by Crippen LogP contribution is -2.26. The minimum Gasteiger partial charge on any atom is -0.444 e. The summed E-state index contributed by atoms with van der Waals surface area (Å²) in [6.07, 6.45) is 2.98. The van der Waals surface area contributed by atoms with Crippen LogP contribution in [0.1, 0.15) is 26.3 Å². The summed E-state index contributed by atoms with van der Waals surface area (Å²) >= 11 is 0. The lowest BCUT2D eigenvalue weighted by Gasteiger charge is -2.18. The van der Waals surface area contributed by atoms with Gasteiger partial charge in [0.1, 0.15) is 0 Å². The van der Waals surface area contributed by atoms with E-state index in [-0.39, 0.29) is 5.91 Å². The van der Waals surface area contributed by atoms with Crippen molar-refractivity contribution in [1.82, 2.24) is 9.88 Å². The molecule has 0 atom stereocenters. The molecule has 0 aliphatic carbocycles. The van der Waals surface area contributed by atoms with Crippen molar-refractivity contribution in [2.24, 2.45) is 5.73 Å². The lowest BCUT2D eigenvalue weighted by atomic mass is 10.1. The summed E-state index contributed by atoms with van der Waals surface area (Å²) < 4.78 is 5.23. The minimum absolute atomic E-state index is 0.117. The molecule has 0 spiro atoms. The van der Waals surface area contributed by atoms with E-state index in [9.17, 15) is 9.59 Å². The van der Waals surface area contributed by atoms with Crippen LogP contribution in [0.4, 0.5) is 0 Å². The molecule has 3 aromatic rings. The Morgan fingerprint density at radius 1 is 1.12 bits per heavy atom. The molecule has 126 valence electrons. The van der Waals surface area contributed by atoms with E-state index < -0.39 is 5.91 Å². The molecule has 3 rings (SSSR count). The molecular weight excluding hydrogens is 318 g/mol. The van der Waals surface area contributed by atoms with Gasteiger partial charge < -0.3 is 15.1 Å². The van der Waals surface area contributed by atoms with Crippen LogP contribution >= 0.6 is 0 Å². The second-order valence-electron chi connectivity index (χ2n) is 5.67. The third-order valence-electron chi connectivity index (χ3n) is 3.83. The topological polar surface area (TPSA) is 89.4 Å². The van der Waals surface area contributed by atoms with Crippen molar-refractivity contribution in [3.8, 4) is 11.3 Å². The van der Waals surface area contributed by atoms with Gasteiger partial charge in [0.15, 0.2) is 12.2 Å². The van der Waals surface area contributed by atoms with Gasteiger partial charge in [0.2, 0.25) is 5.91 Å². The molecule has 2 amide bonds. The number of rotatable bonds is 5. The predicted octanol–water partition coefficient (Wildman–Crippen LogP) is 2.71. The van der Waals surface area contributed by atoms with Gasteiger partial charge in [-0.25, -0.2) is 4.98 Å². The Morgan fingerprint density at radius 2 is 1.88 bits per heavy atom. The highest BCUT2D eigenvalue weighted by Crippen LogP contribution is 2.19. The second kappa shape index (κ2) is 7.00. The molecule has 0 saturated heterocycles. The van der Waals surface area contributed by atoms with Gasteiger partial charge in [0, 0.05) is 30.3 Å². The van der Waals surface area contributed by atoms with Crippen LogP contribution in [0.3, 0.4) is 0 Å². The zero-order valence-electron chi connectivity index (χ0n) is 13.7. The number of nitrogens with zero attached hydrogens (tertiary/aromatic N) is 2. The third-order valence-corrected chi connectivity index (χ3v) is 3.83. The fourth-order valence-corrected chi connectivity index (χ4v) is 2.52. The summed E-state index contributed by atoms with van der Waals surface area (Å²) in [6.45, 7) is 0.379. The Balaban J connectivity index is 1.72. The molecule has 1 heterocycles. The van der Waals surface area contributed by atoms with Crippen LogP contribution in [0.2, 0.25) is 0 Å². The molecule has 0 bridgehead atoms. The van der Waals surface area contributed by atoms with Crippen molar-refractivity contribution in [3.63, 3.8) is 0 Å². The van der Waals surface area contributed by atoms with Gasteiger partial charge in [-0.3, -0.25) is 9.59 Å². The molecule has 1 aromatic heterocycles. The number of amides is 2. The Bertz CT molecular complexity index is 887. The van der Waals surface area contributed by atoms with E-state index in [2.05, 4.69) is 4.98 Å². The van der Waals surface area contributed by atoms with E-state index in [4.69, 9.17) is 10.2 Å². The number of carbonyl (C=O) groups excluding carboxylic acids is 2. The maximum absolute atomic E-state index is 12.6. The van der Waals surface area contributed by atoms with Gasteiger partial charge in [-0.15, -0.1) is 0 Å². The van der Waals surface area contributed by atoms with Crippen molar-refractivity contribution in [1.29, 1.82) is 0 Å². The van der Waals surface area contributed by atoms with Crippen LogP contribution in [-0.4, -0.2) is 28.7 Å². The molecule has 0 saturated carbocycles. The SMILES string of the molecule is CN(Cc1cccc(C(N)=O)c1)C(=O)c1ccc(-c2cnco2)cc1. The van der Waals surface area contributed by atoms with E-state index in [1.807, 2.05) is 18.2 Å². The third kappa shape index (κ3) is 3.74. The molecule has 0 aliphatic rings. The zero-order valence-corrected chi connectivity index (χ0v) is 13.7. The van der Waals surface area contributed by atoms with Gasteiger partial charge in [-0.2, -0.15) is 0 Å². The summed E-state index contributed by atoms with van der Waals surface area (Å²) in [4.78, 5) is 29.3. The maximum Gasteiger partial charge on any atom is 0.253 e. The number of hydrogen-bond acceptors (Lipinski definition) is 4. The molecule has 2 aromatic carbocycles. The number of benzene rings is 2. The van der Waals surface area contributed by atoms with Crippen molar-refractivity contribution >= 4 is 11.8 Å². The van der Waals surface area contributed by atoms with Crippen LogP contribution in [0.15, 0.2) is 65.5 Å². The summed E-state index contributed by atoms with van der Waals surface area (Å²) in [7, 11) is 1.71. The number of primary amides is 1. The van der Waals surface area contributed by atoms with Gasteiger partial charge in [0.05, 0.1) is 6.20 Å². The van der Waals surface area contributed by atoms with Crippen molar-refractivity contribution < 1.29 is 14.0 Å². The molecule has 0 unspecified atom stereocenters. The van der Waals surface area contributed by atoms with E-state index >= 15 is 0 Å². The highest BCUT2D eigenvalue weighted by molar-refractivity contribution is 5.95. The van der Waals surface area contributed by atoms with E-state index in [1.54, 1.807) is 48.5 Å². The minimum atomic E-state index is -0.487. The molecule has 0 radical (unpaired) electrons. The van der Waals surface area contributed by atoms with Gasteiger partial charge in [-0.1, -0.05) is 24.3 Å². The molecule has 2 N–H and O–H groups in total. The molecule has 25 heavy (non-hydrogen) atoms. The predicted molar refractivity (Wildman–Crippen MR) is 92.7 cm³/mol. The largest absolute Gasteiger partial charge is 0.444 e. The first kappa shape index (κ1) is 16.4. The average Bonchev–Trinajstić information content (AvgIpc) is 3.16. The first-order valence-electron chi connectivity index (χ1n) is 7.68. The normalized spacial score (nSPS) is 10.4. The maximum atomic E-state index is 12.6.